The maximum absolute atomic E-state index is 13.2. The van der Waals surface area contributed by atoms with Crippen LogP contribution in [0.3, 0.4) is 0 Å². The van der Waals surface area contributed by atoms with Crippen LogP contribution in [0.1, 0.15) is 29.3 Å². The van der Waals surface area contributed by atoms with Gasteiger partial charge in [-0.2, -0.15) is 8.42 Å². The molecule has 36 heavy (non-hydrogen) atoms. The minimum Gasteiger partial charge on any atom is -0.346 e. The van der Waals surface area contributed by atoms with Crippen molar-refractivity contribution >= 4 is 32.7 Å². The Kier molecular flexibility index (Phi) is 8.06. The lowest BCUT2D eigenvalue weighted by Crippen LogP contribution is -2.58. The van der Waals surface area contributed by atoms with E-state index in [9.17, 15) is 8.42 Å². The van der Waals surface area contributed by atoms with E-state index in [-0.39, 0.29) is 11.5 Å². The van der Waals surface area contributed by atoms with Gasteiger partial charge in [-0.05, 0) is 19.1 Å². The van der Waals surface area contributed by atoms with Crippen LogP contribution in [-0.4, -0.2) is 43.9 Å². The third-order valence-corrected chi connectivity index (χ3v) is 8.40. The van der Waals surface area contributed by atoms with Gasteiger partial charge in [-0.15, -0.1) is 0 Å². The number of hydrogen-bond donors (Lipinski definition) is 0. The predicted octanol–water partition coefficient (Wildman–Crippen LogP) is 5.10. The van der Waals surface area contributed by atoms with E-state index in [1.54, 1.807) is 24.3 Å². The highest BCUT2D eigenvalue weighted by atomic mass is 127. The van der Waals surface area contributed by atoms with Crippen molar-refractivity contribution in [3.05, 3.63) is 102 Å². The van der Waals surface area contributed by atoms with Gasteiger partial charge in [-0.3, -0.25) is 4.18 Å². The van der Waals surface area contributed by atoms with Crippen LogP contribution in [0.15, 0.2) is 89.8 Å². The number of fused-ring (bicyclic) bond motifs is 1. The quantitative estimate of drug-likeness (QED) is 0.206. The summed E-state index contributed by atoms with van der Waals surface area (Å²) in [6.45, 7) is 2.17. The van der Waals surface area contributed by atoms with Crippen molar-refractivity contribution in [2.45, 2.75) is 48.8 Å². The first-order valence-electron chi connectivity index (χ1n) is 11.7. The van der Waals surface area contributed by atoms with Crippen LogP contribution in [0.4, 0.5) is 0 Å². The van der Waals surface area contributed by atoms with E-state index in [0.717, 1.165) is 16.7 Å². The van der Waals surface area contributed by atoms with Crippen molar-refractivity contribution in [3.63, 3.8) is 0 Å². The van der Waals surface area contributed by atoms with Crippen molar-refractivity contribution in [2.75, 3.05) is 11.0 Å². The van der Waals surface area contributed by atoms with Gasteiger partial charge in [0.1, 0.15) is 24.4 Å². The Bertz CT molecular complexity index is 1240. The first-order chi connectivity index (χ1) is 17.4. The van der Waals surface area contributed by atoms with Crippen LogP contribution >= 0.6 is 22.6 Å². The molecule has 0 amide bonds. The molecule has 2 aliphatic heterocycles. The summed E-state index contributed by atoms with van der Waals surface area (Å²) in [6, 6.07) is 25.7. The van der Waals surface area contributed by atoms with Gasteiger partial charge in [0.25, 0.3) is 10.1 Å². The monoisotopic (exact) mass is 622 g/mol. The van der Waals surface area contributed by atoms with E-state index in [0.29, 0.717) is 4.43 Å². The first-order valence-corrected chi connectivity index (χ1v) is 14.6. The molecule has 2 saturated heterocycles. The highest BCUT2D eigenvalue weighted by molar-refractivity contribution is 14.1. The SMILES string of the molecule is Cc1ccc(S(=O)(=O)O[C@@H](CI)[C@@H]2O[C@@H](c3ccccc3)O[C@@H]3CO[C@H](c4ccccc4)O[C@H]23)cc1. The van der Waals surface area contributed by atoms with Crippen molar-refractivity contribution in [1.29, 1.82) is 0 Å². The standard InChI is InChI=1S/C27H27IO7S/c1-18-12-14-21(15-13-18)36(29,30)35-22(16-28)24-25-23(32-27(34-24)20-10-6-3-7-11-20)17-31-26(33-25)19-8-4-2-5-9-19/h2-15,22-27H,16-17H2,1H3/t22-,23+,24-,25-,26-,27-/m0/s1. The molecule has 2 fully saturated rings. The molecule has 2 heterocycles. The number of halogens is 1. The second kappa shape index (κ2) is 11.3. The zero-order valence-corrected chi connectivity index (χ0v) is 22.6. The topological polar surface area (TPSA) is 80.3 Å². The van der Waals surface area contributed by atoms with E-state index >= 15 is 0 Å². The molecule has 9 heteroatoms. The Labute approximate surface area is 224 Å². The summed E-state index contributed by atoms with van der Waals surface area (Å²) in [6.07, 6.45) is -3.94. The van der Waals surface area contributed by atoms with E-state index < -0.39 is 47.1 Å². The molecule has 3 aromatic rings. The number of rotatable bonds is 7. The van der Waals surface area contributed by atoms with Crippen LogP contribution in [-0.2, 0) is 33.2 Å². The van der Waals surface area contributed by atoms with Gasteiger partial charge in [0.15, 0.2) is 12.6 Å². The highest BCUT2D eigenvalue weighted by Gasteiger charge is 2.49. The average Bonchev–Trinajstić information content (AvgIpc) is 2.92. The zero-order valence-electron chi connectivity index (χ0n) is 19.6. The zero-order chi connectivity index (χ0) is 25.1. The predicted molar refractivity (Wildman–Crippen MR) is 141 cm³/mol. The molecule has 0 aromatic heterocycles. The minimum atomic E-state index is -4.04. The number of alkyl halides is 1. The van der Waals surface area contributed by atoms with E-state index in [1.807, 2.05) is 67.6 Å². The Morgan fingerprint density at radius 1 is 0.861 bits per heavy atom. The minimum absolute atomic E-state index is 0.0984. The number of ether oxygens (including phenoxy) is 4. The molecule has 0 spiro atoms. The van der Waals surface area contributed by atoms with E-state index in [4.69, 9.17) is 23.1 Å². The van der Waals surface area contributed by atoms with Crippen LogP contribution in [0, 0.1) is 6.92 Å². The fourth-order valence-corrected chi connectivity index (χ4v) is 6.31. The van der Waals surface area contributed by atoms with Gasteiger partial charge in [0.2, 0.25) is 0 Å². The van der Waals surface area contributed by atoms with E-state index in [1.165, 1.54) is 0 Å². The highest BCUT2D eigenvalue weighted by Crippen LogP contribution is 2.40. The van der Waals surface area contributed by atoms with Crippen LogP contribution < -0.4 is 0 Å². The van der Waals surface area contributed by atoms with Gasteiger partial charge < -0.3 is 18.9 Å². The maximum Gasteiger partial charge on any atom is 0.297 e. The molecule has 6 atom stereocenters. The summed E-state index contributed by atoms with van der Waals surface area (Å²) in [4.78, 5) is 0.0984. The second-order valence-electron chi connectivity index (χ2n) is 8.75. The molecule has 7 nitrogen and oxygen atoms in total. The molecular formula is C27H27IO7S. The van der Waals surface area contributed by atoms with Crippen LogP contribution in [0.2, 0.25) is 0 Å². The molecule has 3 aromatic carbocycles. The fourth-order valence-electron chi connectivity index (χ4n) is 4.31. The van der Waals surface area contributed by atoms with Crippen molar-refractivity contribution in [1.82, 2.24) is 0 Å². The largest absolute Gasteiger partial charge is 0.346 e. The second-order valence-corrected chi connectivity index (χ2v) is 11.2. The molecule has 0 radical (unpaired) electrons. The molecule has 0 unspecified atom stereocenters. The van der Waals surface area contributed by atoms with Crippen molar-refractivity contribution < 1.29 is 31.5 Å². The maximum atomic E-state index is 13.2. The third-order valence-electron chi connectivity index (χ3n) is 6.18. The summed E-state index contributed by atoms with van der Waals surface area (Å²) in [7, 11) is -4.04. The molecule has 0 saturated carbocycles. The third kappa shape index (κ3) is 5.67. The lowest BCUT2D eigenvalue weighted by atomic mass is 10.00. The van der Waals surface area contributed by atoms with E-state index in [2.05, 4.69) is 22.6 Å². The number of benzene rings is 3. The lowest BCUT2D eigenvalue weighted by molar-refractivity contribution is -0.370. The summed E-state index contributed by atoms with van der Waals surface area (Å²) < 4.78 is 57.5. The molecule has 0 bridgehead atoms. The van der Waals surface area contributed by atoms with Crippen LogP contribution in [0.5, 0.6) is 0 Å². The van der Waals surface area contributed by atoms with Crippen molar-refractivity contribution in [3.8, 4) is 0 Å². The normalized spacial score (nSPS) is 27.2. The molecule has 2 aliphatic rings. The fraction of sp³-hybridized carbons (Fsp3) is 0.333. The average molecular weight is 622 g/mol. The van der Waals surface area contributed by atoms with Crippen LogP contribution in [0.25, 0.3) is 0 Å². The summed E-state index contributed by atoms with van der Waals surface area (Å²) in [5, 5.41) is 0. The van der Waals surface area contributed by atoms with Gasteiger partial charge >= 0.3 is 0 Å². The van der Waals surface area contributed by atoms with Gasteiger partial charge in [0, 0.05) is 15.6 Å². The summed E-state index contributed by atoms with van der Waals surface area (Å²) in [5.41, 5.74) is 2.64. The Morgan fingerprint density at radius 2 is 1.47 bits per heavy atom. The Balaban J connectivity index is 1.44. The molecule has 190 valence electrons. The lowest BCUT2D eigenvalue weighted by Gasteiger charge is -2.47. The van der Waals surface area contributed by atoms with Gasteiger partial charge in [-0.1, -0.05) is 101 Å². The smallest absolute Gasteiger partial charge is 0.297 e. The summed E-state index contributed by atoms with van der Waals surface area (Å²) in [5.74, 6) is 0. The number of hydrogen-bond acceptors (Lipinski definition) is 7. The van der Waals surface area contributed by atoms with Crippen molar-refractivity contribution in [2.24, 2.45) is 0 Å². The first kappa shape index (κ1) is 25.8. The van der Waals surface area contributed by atoms with Gasteiger partial charge in [-0.25, -0.2) is 0 Å². The summed E-state index contributed by atoms with van der Waals surface area (Å²) >= 11 is 2.12. The Hall–Kier alpha value is -1.86. The molecule has 5 rings (SSSR count). The van der Waals surface area contributed by atoms with Gasteiger partial charge in [0.05, 0.1) is 11.5 Å². The molecular weight excluding hydrogens is 595 g/mol. The molecule has 0 aliphatic carbocycles. The Morgan fingerprint density at radius 3 is 2.08 bits per heavy atom. The number of aryl methyl sites for hydroxylation is 1. The molecule has 0 N–H and O–H groups in total.